The van der Waals surface area contributed by atoms with E-state index in [1.54, 1.807) is 0 Å². The summed E-state index contributed by atoms with van der Waals surface area (Å²) in [4.78, 5) is 14.5. The highest BCUT2D eigenvalue weighted by molar-refractivity contribution is 8.01. The number of amides is 1. The van der Waals surface area contributed by atoms with E-state index >= 15 is 0 Å². The number of ether oxygens (including phenoxy) is 1. The van der Waals surface area contributed by atoms with E-state index < -0.39 is 0 Å². The van der Waals surface area contributed by atoms with E-state index in [4.69, 9.17) is 4.74 Å². The number of hydrogen-bond acceptors (Lipinski definition) is 7. The van der Waals surface area contributed by atoms with Gasteiger partial charge in [0.15, 0.2) is 4.34 Å². The molecule has 1 aromatic carbocycles. The predicted molar refractivity (Wildman–Crippen MR) is 111 cm³/mol. The van der Waals surface area contributed by atoms with Gasteiger partial charge in [0, 0.05) is 13.1 Å². The van der Waals surface area contributed by atoms with Crippen molar-refractivity contribution in [1.82, 2.24) is 15.1 Å². The summed E-state index contributed by atoms with van der Waals surface area (Å²) < 4.78 is 6.41. The van der Waals surface area contributed by atoms with Gasteiger partial charge in [0.05, 0.1) is 18.0 Å². The van der Waals surface area contributed by atoms with E-state index in [2.05, 4.69) is 22.4 Å². The molecule has 0 unspecified atom stereocenters. The number of thioether (sulfide) groups is 1. The van der Waals surface area contributed by atoms with Crippen LogP contribution in [0, 0.1) is 5.92 Å². The summed E-state index contributed by atoms with van der Waals surface area (Å²) in [6.45, 7) is 6.42. The maximum atomic E-state index is 12.5. The van der Waals surface area contributed by atoms with E-state index in [0.717, 1.165) is 35.3 Å². The van der Waals surface area contributed by atoms with Crippen molar-refractivity contribution in [2.75, 3.05) is 30.8 Å². The first kappa shape index (κ1) is 19.9. The first-order chi connectivity index (χ1) is 13.2. The third kappa shape index (κ3) is 6.10. The second kappa shape index (κ2) is 9.94. The molecule has 0 aliphatic heterocycles. The molecule has 8 heteroatoms. The van der Waals surface area contributed by atoms with Crippen LogP contribution >= 0.6 is 23.1 Å². The minimum Gasteiger partial charge on any atom is -0.492 e. The normalized spacial score (nSPS) is 13.4. The van der Waals surface area contributed by atoms with Gasteiger partial charge < -0.3 is 15.0 Å². The van der Waals surface area contributed by atoms with Crippen molar-refractivity contribution in [3.63, 3.8) is 0 Å². The lowest BCUT2D eigenvalue weighted by molar-refractivity contribution is -0.128. The van der Waals surface area contributed by atoms with Crippen LogP contribution in [0.15, 0.2) is 28.6 Å². The van der Waals surface area contributed by atoms with Gasteiger partial charge >= 0.3 is 0 Å². The molecule has 0 atom stereocenters. The molecule has 0 radical (unpaired) electrons. The SMILES string of the molecule is CCCN(CC1CC1)C(=O)CSc1nnc(Nc2ccccc2OCC)s1. The van der Waals surface area contributed by atoms with E-state index in [0.29, 0.717) is 23.4 Å². The fraction of sp³-hybridized carbons (Fsp3) is 0.526. The number of rotatable bonds is 11. The van der Waals surface area contributed by atoms with Gasteiger partial charge in [-0.3, -0.25) is 4.79 Å². The topological polar surface area (TPSA) is 67.4 Å². The van der Waals surface area contributed by atoms with Crippen LogP contribution in [0.3, 0.4) is 0 Å². The summed E-state index contributed by atoms with van der Waals surface area (Å²) in [5.74, 6) is 2.11. The quantitative estimate of drug-likeness (QED) is 0.557. The van der Waals surface area contributed by atoms with Crippen molar-refractivity contribution < 1.29 is 9.53 Å². The zero-order chi connectivity index (χ0) is 19.1. The Kier molecular flexibility index (Phi) is 7.34. The van der Waals surface area contributed by atoms with Gasteiger partial charge in [-0.1, -0.05) is 42.2 Å². The van der Waals surface area contributed by atoms with Gasteiger partial charge in [-0.25, -0.2) is 0 Å². The molecule has 1 aliphatic rings. The van der Waals surface area contributed by atoms with Crippen molar-refractivity contribution in [3.05, 3.63) is 24.3 Å². The van der Waals surface area contributed by atoms with Crippen molar-refractivity contribution in [1.29, 1.82) is 0 Å². The van der Waals surface area contributed by atoms with Crippen LogP contribution in [0.4, 0.5) is 10.8 Å². The number of carbonyl (C=O) groups is 1. The minimum absolute atomic E-state index is 0.195. The Morgan fingerprint density at radius 2 is 2.15 bits per heavy atom. The van der Waals surface area contributed by atoms with Crippen LogP contribution in [0.1, 0.15) is 33.1 Å². The van der Waals surface area contributed by atoms with Crippen molar-refractivity contribution in [3.8, 4) is 5.75 Å². The zero-order valence-corrected chi connectivity index (χ0v) is 17.4. The maximum absolute atomic E-state index is 12.5. The molecular formula is C19H26N4O2S2. The van der Waals surface area contributed by atoms with Crippen LogP contribution < -0.4 is 10.1 Å². The molecule has 1 aliphatic carbocycles. The average Bonchev–Trinajstić information content (AvgIpc) is 3.38. The van der Waals surface area contributed by atoms with Crippen LogP contribution in [-0.2, 0) is 4.79 Å². The second-order valence-corrected chi connectivity index (χ2v) is 8.70. The number of nitrogens with one attached hydrogen (secondary N) is 1. The largest absolute Gasteiger partial charge is 0.492 e. The molecule has 0 bridgehead atoms. The molecule has 0 saturated heterocycles. The van der Waals surface area contributed by atoms with Gasteiger partial charge in [-0.05, 0) is 44.2 Å². The second-order valence-electron chi connectivity index (χ2n) is 6.50. The number of carbonyl (C=O) groups excluding carboxylic acids is 1. The fourth-order valence-corrected chi connectivity index (χ4v) is 4.37. The number of hydrogen-bond donors (Lipinski definition) is 1. The summed E-state index contributed by atoms with van der Waals surface area (Å²) in [5, 5.41) is 12.3. The zero-order valence-electron chi connectivity index (χ0n) is 15.8. The molecule has 27 heavy (non-hydrogen) atoms. The van der Waals surface area contributed by atoms with Gasteiger partial charge in [0.2, 0.25) is 11.0 Å². The first-order valence-corrected chi connectivity index (χ1v) is 11.2. The Morgan fingerprint density at radius 1 is 1.33 bits per heavy atom. The summed E-state index contributed by atoms with van der Waals surface area (Å²) in [5.41, 5.74) is 0.863. The Morgan fingerprint density at radius 3 is 2.89 bits per heavy atom. The Bertz CT molecular complexity index is 749. The highest BCUT2D eigenvalue weighted by Gasteiger charge is 2.26. The summed E-state index contributed by atoms with van der Waals surface area (Å²) in [6.07, 6.45) is 3.51. The Balaban J connectivity index is 1.54. The lowest BCUT2D eigenvalue weighted by atomic mass is 10.3. The van der Waals surface area contributed by atoms with Gasteiger partial charge in [0.1, 0.15) is 5.75 Å². The maximum Gasteiger partial charge on any atom is 0.233 e. The molecule has 1 amide bonds. The Labute approximate surface area is 168 Å². The molecule has 1 saturated carbocycles. The molecule has 1 N–H and O–H groups in total. The number of aromatic nitrogens is 2. The fourth-order valence-electron chi connectivity index (χ4n) is 2.70. The van der Waals surface area contributed by atoms with Gasteiger partial charge in [-0.2, -0.15) is 0 Å². The highest BCUT2D eigenvalue weighted by atomic mass is 32.2. The number of benzene rings is 1. The molecule has 6 nitrogen and oxygen atoms in total. The highest BCUT2D eigenvalue weighted by Crippen LogP contribution is 2.32. The van der Waals surface area contributed by atoms with Crippen LogP contribution in [0.5, 0.6) is 5.75 Å². The van der Waals surface area contributed by atoms with Crippen LogP contribution in [0.2, 0.25) is 0 Å². The van der Waals surface area contributed by atoms with Gasteiger partial charge in [-0.15, -0.1) is 10.2 Å². The van der Waals surface area contributed by atoms with E-state index in [1.165, 1.54) is 35.9 Å². The number of para-hydroxylation sites is 2. The lowest BCUT2D eigenvalue weighted by Crippen LogP contribution is -2.34. The monoisotopic (exact) mass is 406 g/mol. The molecule has 1 fully saturated rings. The number of anilines is 2. The van der Waals surface area contributed by atoms with Gasteiger partial charge in [0.25, 0.3) is 0 Å². The molecule has 2 aromatic rings. The molecule has 0 spiro atoms. The molecule has 3 rings (SSSR count). The smallest absolute Gasteiger partial charge is 0.233 e. The Hall–Kier alpha value is -1.80. The van der Waals surface area contributed by atoms with E-state index in [1.807, 2.05) is 36.1 Å². The summed E-state index contributed by atoms with van der Waals surface area (Å²) in [6, 6.07) is 7.75. The predicted octanol–water partition coefficient (Wildman–Crippen LogP) is 4.42. The summed E-state index contributed by atoms with van der Waals surface area (Å²) >= 11 is 2.91. The average molecular weight is 407 g/mol. The first-order valence-electron chi connectivity index (χ1n) is 9.42. The third-order valence-corrected chi connectivity index (χ3v) is 6.13. The van der Waals surface area contributed by atoms with Crippen molar-refractivity contribution >= 4 is 39.8 Å². The van der Waals surface area contributed by atoms with Crippen molar-refractivity contribution in [2.45, 2.75) is 37.4 Å². The minimum atomic E-state index is 0.195. The number of nitrogens with zero attached hydrogens (tertiary/aromatic N) is 3. The molecule has 146 valence electrons. The van der Waals surface area contributed by atoms with Crippen molar-refractivity contribution in [2.24, 2.45) is 5.92 Å². The standard InChI is InChI=1S/C19H26N4O2S2/c1-3-11-23(12-14-9-10-14)17(24)13-26-19-22-21-18(27-19)20-15-7-5-6-8-16(15)25-4-2/h5-8,14H,3-4,9-13H2,1-2H3,(H,20,21). The van der Waals surface area contributed by atoms with Crippen LogP contribution in [0.25, 0.3) is 0 Å². The molecule has 1 aromatic heterocycles. The van der Waals surface area contributed by atoms with Crippen LogP contribution in [-0.4, -0.2) is 46.5 Å². The summed E-state index contributed by atoms with van der Waals surface area (Å²) in [7, 11) is 0. The molecule has 1 heterocycles. The van der Waals surface area contributed by atoms with E-state index in [-0.39, 0.29) is 5.91 Å². The lowest BCUT2D eigenvalue weighted by Gasteiger charge is -2.21. The van der Waals surface area contributed by atoms with E-state index in [9.17, 15) is 4.79 Å². The molecular weight excluding hydrogens is 380 g/mol. The third-order valence-electron chi connectivity index (χ3n) is 4.18.